The predicted molar refractivity (Wildman–Crippen MR) is 134 cm³/mol. The summed E-state index contributed by atoms with van der Waals surface area (Å²) in [4.78, 5) is 12.1. The lowest BCUT2D eigenvalue weighted by molar-refractivity contribution is -0.194. The third kappa shape index (κ3) is 5.39. The topological polar surface area (TPSA) is 85.2 Å². The molecule has 1 spiro atoms. The molecule has 0 unspecified atom stereocenters. The number of rotatable bonds is 7. The fourth-order valence-corrected chi connectivity index (χ4v) is 6.19. The highest BCUT2D eigenvalue weighted by atomic mass is 28.3. The van der Waals surface area contributed by atoms with Crippen molar-refractivity contribution in [1.82, 2.24) is 0 Å². The number of fused-ring (bicyclic) bond motifs is 1. The van der Waals surface area contributed by atoms with Crippen LogP contribution in [0.15, 0.2) is 36.6 Å². The number of carboxylic acids is 1. The molecule has 0 bridgehead atoms. The van der Waals surface area contributed by atoms with Gasteiger partial charge in [-0.05, 0) is 42.0 Å². The maximum absolute atomic E-state index is 12.1. The first kappa shape index (κ1) is 25.3. The SMILES string of the molecule is C=CCc1cc([C@@H](O)/C=C/[Si](C)(C)C)c([C@H]2COC[C@H]3OC4(CCCCC4)O[C@H]23)cc1C(=O)O. The summed E-state index contributed by atoms with van der Waals surface area (Å²) in [6.07, 6.45) is 7.77. The van der Waals surface area contributed by atoms with Crippen molar-refractivity contribution in [2.75, 3.05) is 13.2 Å². The summed E-state index contributed by atoms with van der Waals surface area (Å²) in [5, 5.41) is 21.2. The Morgan fingerprint density at radius 3 is 2.59 bits per heavy atom. The zero-order valence-electron chi connectivity index (χ0n) is 20.6. The standard InChI is InChI=1S/C27H38O6Si/c1-5-9-18-14-21(23(28)10-13-34(2,3)4)20(15-19(18)26(29)30)22-16-31-17-24-25(22)33-27(32-24)11-7-6-8-12-27/h5,10,13-15,22-25,28H,1,6-9,11-12,16-17H2,2-4H3,(H,29,30)/b13-10+/t22-,23+,24-,25-/m1/s1. The minimum atomic E-state index is -1.54. The summed E-state index contributed by atoms with van der Waals surface area (Å²) in [5.41, 5.74) is 4.46. The average molecular weight is 487 g/mol. The molecule has 1 aromatic carbocycles. The molecule has 4 atom stereocenters. The van der Waals surface area contributed by atoms with E-state index in [1.807, 2.05) is 12.1 Å². The molecule has 34 heavy (non-hydrogen) atoms. The average Bonchev–Trinajstić information content (AvgIpc) is 3.14. The second kappa shape index (κ2) is 10.1. The number of allylic oxidation sites excluding steroid dienone is 1. The van der Waals surface area contributed by atoms with E-state index in [9.17, 15) is 15.0 Å². The summed E-state index contributed by atoms with van der Waals surface area (Å²) < 4.78 is 19.0. The van der Waals surface area contributed by atoms with E-state index in [1.165, 1.54) is 6.42 Å². The zero-order valence-corrected chi connectivity index (χ0v) is 21.6. The molecule has 2 N–H and O–H groups in total. The number of carbonyl (C=O) groups is 1. The Morgan fingerprint density at radius 1 is 1.21 bits per heavy atom. The Hall–Kier alpha value is -1.77. The summed E-state index contributed by atoms with van der Waals surface area (Å²) in [7, 11) is -1.54. The van der Waals surface area contributed by atoms with Gasteiger partial charge in [-0.1, -0.05) is 50.0 Å². The van der Waals surface area contributed by atoms with Crippen LogP contribution in [0.25, 0.3) is 0 Å². The van der Waals surface area contributed by atoms with Crippen LogP contribution >= 0.6 is 0 Å². The normalized spacial score (nSPS) is 27.6. The van der Waals surface area contributed by atoms with E-state index in [-0.39, 0.29) is 23.7 Å². The molecule has 0 radical (unpaired) electrons. The summed E-state index contributed by atoms with van der Waals surface area (Å²) in [6.45, 7) is 11.3. The fourth-order valence-electron chi connectivity index (χ4n) is 5.43. The second-order valence-corrected chi connectivity index (χ2v) is 16.0. The van der Waals surface area contributed by atoms with E-state index in [1.54, 1.807) is 12.1 Å². The van der Waals surface area contributed by atoms with Gasteiger partial charge in [0.15, 0.2) is 5.79 Å². The summed E-state index contributed by atoms with van der Waals surface area (Å²) in [5.74, 6) is -1.77. The van der Waals surface area contributed by atoms with Crippen molar-refractivity contribution in [3.63, 3.8) is 0 Å². The van der Waals surface area contributed by atoms with E-state index in [0.29, 0.717) is 30.8 Å². The Morgan fingerprint density at radius 2 is 1.94 bits per heavy atom. The van der Waals surface area contributed by atoms with E-state index in [4.69, 9.17) is 14.2 Å². The van der Waals surface area contributed by atoms with Gasteiger partial charge in [0.05, 0.1) is 39.1 Å². The molecular weight excluding hydrogens is 448 g/mol. The lowest BCUT2D eigenvalue weighted by Gasteiger charge is -2.34. The smallest absolute Gasteiger partial charge is 0.335 e. The predicted octanol–water partition coefficient (Wildman–Crippen LogP) is 5.14. The van der Waals surface area contributed by atoms with Gasteiger partial charge in [0.1, 0.15) is 6.10 Å². The molecule has 1 aromatic rings. The molecule has 1 aliphatic carbocycles. The number of carboxylic acid groups (broad SMARTS) is 1. The Bertz CT molecular complexity index is 943. The number of aliphatic hydroxyl groups excluding tert-OH is 1. The molecule has 186 valence electrons. The number of ether oxygens (including phenoxy) is 3. The van der Waals surface area contributed by atoms with Crippen LogP contribution < -0.4 is 0 Å². The monoisotopic (exact) mass is 486 g/mol. The van der Waals surface area contributed by atoms with E-state index < -0.39 is 25.9 Å². The molecule has 6 nitrogen and oxygen atoms in total. The highest BCUT2D eigenvalue weighted by Crippen LogP contribution is 2.47. The first-order valence-electron chi connectivity index (χ1n) is 12.4. The third-order valence-electron chi connectivity index (χ3n) is 7.08. The number of aliphatic hydroxyl groups is 1. The number of aromatic carboxylic acids is 1. The third-order valence-corrected chi connectivity index (χ3v) is 8.27. The van der Waals surface area contributed by atoms with Gasteiger partial charge in [0.2, 0.25) is 0 Å². The van der Waals surface area contributed by atoms with Crippen LogP contribution in [0.2, 0.25) is 19.6 Å². The van der Waals surface area contributed by atoms with Gasteiger partial charge in [0, 0.05) is 18.8 Å². The van der Waals surface area contributed by atoms with Gasteiger partial charge in [0.25, 0.3) is 0 Å². The maximum Gasteiger partial charge on any atom is 0.335 e. The van der Waals surface area contributed by atoms with Gasteiger partial charge in [-0.15, -0.1) is 6.58 Å². The van der Waals surface area contributed by atoms with Crippen molar-refractivity contribution < 1.29 is 29.2 Å². The van der Waals surface area contributed by atoms with E-state index in [2.05, 4.69) is 31.9 Å². The van der Waals surface area contributed by atoms with Crippen molar-refractivity contribution >= 4 is 14.0 Å². The van der Waals surface area contributed by atoms with Crippen LogP contribution in [-0.2, 0) is 20.6 Å². The molecule has 3 aliphatic rings. The van der Waals surface area contributed by atoms with Crippen LogP contribution in [0, 0.1) is 0 Å². The molecule has 7 heteroatoms. The van der Waals surface area contributed by atoms with Crippen LogP contribution in [-0.4, -0.2) is 55.5 Å². The van der Waals surface area contributed by atoms with Crippen LogP contribution in [0.4, 0.5) is 0 Å². The number of benzene rings is 1. The zero-order chi connectivity index (χ0) is 24.5. The molecule has 2 saturated heterocycles. The molecule has 3 fully saturated rings. The van der Waals surface area contributed by atoms with Crippen molar-refractivity contribution in [3.05, 3.63) is 58.8 Å². The highest BCUT2D eigenvalue weighted by Gasteiger charge is 2.52. The Balaban J connectivity index is 1.76. The van der Waals surface area contributed by atoms with E-state index in [0.717, 1.165) is 31.2 Å². The van der Waals surface area contributed by atoms with Gasteiger partial charge in [-0.2, -0.15) is 0 Å². The van der Waals surface area contributed by atoms with Crippen molar-refractivity contribution in [2.45, 2.75) is 88.2 Å². The molecule has 1 saturated carbocycles. The lowest BCUT2D eigenvalue weighted by Crippen LogP contribution is -2.41. The lowest BCUT2D eigenvalue weighted by atomic mass is 9.82. The van der Waals surface area contributed by atoms with Crippen LogP contribution in [0.1, 0.15) is 71.2 Å². The molecule has 0 aromatic heterocycles. The minimum Gasteiger partial charge on any atom is -0.478 e. The quantitative estimate of drug-likeness (QED) is 0.410. The first-order chi connectivity index (χ1) is 16.1. The Labute approximate surface area is 203 Å². The minimum absolute atomic E-state index is 0.194. The van der Waals surface area contributed by atoms with Gasteiger partial charge in [-0.25, -0.2) is 4.79 Å². The van der Waals surface area contributed by atoms with Crippen LogP contribution in [0.3, 0.4) is 0 Å². The summed E-state index contributed by atoms with van der Waals surface area (Å²) in [6, 6.07) is 3.54. The van der Waals surface area contributed by atoms with Gasteiger partial charge < -0.3 is 24.4 Å². The molecule has 2 heterocycles. The molecule has 4 rings (SSSR count). The number of hydrogen-bond acceptors (Lipinski definition) is 5. The maximum atomic E-state index is 12.1. The first-order valence-corrected chi connectivity index (χ1v) is 16.0. The fraction of sp³-hybridized carbons (Fsp3) is 0.593. The van der Waals surface area contributed by atoms with Crippen LogP contribution in [0.5, 0.6) is 0 Å². The highest BCUT2D eigenvalue weighted by molar-refractivity contribution is 6.80. The Kier molecular flexibility index (Phi) is 7.50. The largest absolute Gasteiger partial charge is 0.478 e. The van der Waals surface area contributed by atoms with Crippen molar-refractivity contribution in [1.29, 1.82) is 0 Å². The van der Waals surface area contributed by atoms with Crippen molar-refractivity contribution in [2.24, 2.45) is 0 Å². The molecular formula is C27H38O6Si. The number of hydrogen-bond donors (Lipinski definition) is 2. The second-order valence-electron chi connectivity index (χ2n) is 11.0. The molecule has 0 amide bonds. The van der Waals surface area contributed by atoms with Crippen molar-refractivity contribution in [3.8, 4) is 0 Å². The van der Waals surface area contributed by atoms with E-state index >= 15 is 0 Å². The molecule has 2 aliphatic heterocycles. The summed E-state index contributed by atoms with van der Waals surface area (Å²) >= 11 is 0. The van der Waals surface area contributed by atoms with Gasteiger partial charge >= 0.3 is 5.97 Å². The van der Waals surface area contributed by atoms with Gasteiger partial charge in [-0.3, -0.25) is 0 Å².